The molecule has 94 heavy (non-hydrogen) atoms. The number of H-pyrrole nitrogens is 2. The fourth-order valence-corrected chi connectivity index (χ4v) is 24.5. The number of imidazole rings is 2. The van der Waals surface area contributed by atoms with Crippen LogP contribution in [-0.2, 0) is 35.7 Å². The summed E-state index contributed by atoms with van der Waals surface area (Å²) in [6.07, 6.45) is 8.96. The third kappa shape index (κ3) is 9.32. The Kier molecular flexibility index (Phi) is 17.0. The van der Waals surface area contributed by atoms with Crippen LogP contribution in [0, 0.1) is 121 Å². The minimum Gasteiger partial charge on any atom is -0.481 e. The maximum Gasteiger partial charge on any atom is 0.310 e. The summed E-state index contributed by atoms with van der Waals surface area (Å²) in [5.41, 5.74) is 0.465. The van der Waals surface area contributed by atoms with Gasteiger partial charge in [-0.2, -0.15) is 0 Å². The Morgan fingerprint density at radius 2 is 1.74 bits per heavy atom. The third-order valence-corrected chi connectivity index (χ3v) is 29.0. The van der Waals surface area contributed by atoms with Crippen molar-refractivity contribution in [3.63, 3.8) is 0 Å². The minimum absolute atomic E-state index is 0.0839. The molecule has 6 saturated carbocycles. The molecule has 0 radical (unpaired) electrons. The van der Waals surface area contributed by atoms with E-state index in [1.807, 2.05) is 13.0 Å². The number of hydrogen-bond donors (Lipinski definition) is 16. The fraction of sp³-hybridized carbons (Fsp3) is 0.789. The molecule has 516 valence electrons. The van der Waals surface area contributed by atoms with E-state index in [4.69, 9.17) is 20.2 Å². The lowest BCUT2D eigenvalue weighted by Crippen LogP contribution is -2.76. The number of fused-ring (bicyclic) bond motifs is 9. The number of nitrogens with zero attached hydrogens (tertiary/aromatic N) is 2. The van der Waals surface area contributed by atoms with Crippen LogP contribution in [0.2, 0.25) is 0 Å². The molecule has 2 aromatic rings. The molecule has 0 unspecified atom stereocenters. The Hall–Kier alpha value is -4.65. The van der Waals surface area contributed by atoms with E-state index in [1.165, 1.54) is 6.33 Å². The molecule has 30 atom stereocenters. The summed E-state index contributed by atoms with van der Waals surface area (Å²) in [5, 5.41) is 124. The highest BCUT2D eigenvalue weighted by atomic mass is 16.7. The van der Waals surface area contributed by atoms with Gasteiger partial charge in [-0.1, -0.05) is 83.1 Å². The van der Waals surface area contributed by atoms with Gasteiger partial charge >= 0.3 is 5.97 Å². The van der Waals surface area contributed by atoms with E-state index in [9.17, 15) is 55.5 Å². The number of hydrogen-bond acceptors (Lipinski definition) is 19. The number of aliphatic hydroxyl groups excluding tert-OH is 8. The molecule has 0 bridgehead atoms. The van der Waals surface area contributed by atoms with Crippen LogP contribution in [0.25, 0.3) is 0 Å². The molecule has 5 heterocycles. The van der Waals surface area contributed by atoms with E-state index < -0.39 is 170 Å². The number of anilines is 1. The zero-order valence-corrected chi connectivity index (χ0v) is 55.1. The number of carbonyl (C=O) groups is 3. The van der Waals surface area contributed by atoms with Gasteiger partial charge in [-0.25, -0.2) is 9.97 Å². The average Bonchev–Trinajstić information content (AvgIpc) is 0.840. The average molecular weight is 1310 g/mol. The van der Waals surface area contributed by atoms with Gasteiger partial charge in [0.1, 0.15) is 36.6 Å². The second-order valence-electron chi connectivity index (χ2n) is 32.8. The molecule has 14 rings (SSSR count). The zero-order valence-electron chi connectivity index (χ0n) is 55.1. The van der Waals surface area contributed by atoms with Crippen LogP contribution in [0.3, 0.4) is 0 Å². The summed E-state index contributed by atoms with van der Waals surface area (Å²) in [5.74, 6) is 1.11. The summed E-state index contributed by atoms with van der Waals surface area (Å²) in [4.78, 5) is 58.6. The Balaban J connectivity index is 0.961. The van der Waals surface area contributed by atoms with Crippen LogP contribution in [-0.4, -0.2) is 191 Å². The van der Waals surface area contributed by atoms with Crippen molar-refractivity contribution in [2.45, 2.75) is 191 Å². The molecular weight excluding hydrogens is 1200 g/mol. The molecule has 23 heteroatoms. The molecular formula is C71H103N9O14. The van der Waals surface area contributed by atoms with Crippen LogP contribution in [0.15, 0.2) is 42.7 Å². The highest BCUT2D eigenvalue weighted by Crippen LogP contribution is 2.81. The maximum atomic E-state index is 16.3. The predicted molar refractivity (Wildman–Crippen MR) is 343 cm³/mol. The number of rotatable bonds is 17. The van der Waals surface area contributed by atoms with Gasteiger partial charge in [0.2, 0.25) is 5.91 Å². The number of allylic oxidation sites excluding steroid dienone is 3. The van der Waals surface area contributed by atoms with Gasteiger partial charge in [0.05, 0.1) is 72.2 Å². The Bertz CT molecular complexity index is 3320. The van der Waals surface area contributed by atoms with Crippen molar-refractivity contribution < 1.29 is 69.8 Å². The molecule has 17 N–H and O–H groups in total. The van der Waals surface area contributed by atoms with Crippen molar-refractivity contribution in [3.05, 3.63) is 54.0 Å². The van der Waals surface area contributed by atoms with E-state index >= 15 is 4.79 Å². The van der Waals surface area contributed by atoms with Crippen molar-refractivity contribution in [1.82, 2.24) is 35.9 Å². The number of aliphatic hydroxyl groups is 8. The summed E-state index contributed by atoms with van der Waals surface area (Å²) in [7, 11) is 0. The number of aromatic nitrogens is 4. The highest BCUT2D eigenvalue weighted by Gasteiger charge is 2.80. The molecule has 1 spiro atoms. The van der Waals surface area contributed by atoms with Crippen molar-refractivity contribution in [1.29, 1.82) is 0 Å². The van der Waals surface area contributed by atoms with E-state index in [1.54, 1.807) is 12.5 Å². The van der Waals surface area contributed by atoms with Gasteiger partial charge in [-0.3, -0.25) is 9.59 Å². The molecule has 23 nitrogen and oxygen atoms in total. The number of carboxylic acid groups (broad SMARTS) is 1. The third-order valence-electron chi connectivity index (χ3n) is 29.0. The molecule has 2 aromatic heterocycles. The summed E-state index contributed by atoms with van der Waals surface area (Å²) >= 11 is 0. The first-order valence-corrected chi connectivity index (χ1v) is 35.3. The van der Waals surface area contributed by atoms with Crippen molar-refractivity contribution in [3.8, 4) is 11.8 Å². The standard InChI is InChI=1S/C71H103N9O14/c1-64(32-82)19-20-70(63(91)92)44(27-64)42-25-37-11-12-38-9-7-16-69(38)51-40(13-18-71(49-30-74-34-78-49,56(51)80-62(69)90)57(88)41(59(72)89)28-73-21-22-75-39-10-6-8-36(24-39)15-23-81)50-53(86)58(94-61-54(87)52(85)47(84)31-93-61)65(2,33-83)48-14-17-66(3,55(37)67(48,50)4)68(42,5)43-26-46-60(79-35-77-46)76-29-45(43)70/h13,18,23,25,30,34-41,43-45,47-48,50-59,61,73,75-76,82-89H,6-10,14-17,19-22,24,26-29,31-33,72H2,1-5H3,(H,74,78)(H,77,79)(H,80,90)(H,91,92)/t36-,37-,38-,39-,40+,41-,43+,44-,45-,47+,48+,50-,51+,52-,53+,54+,55-,56+,57+,58+,59-,61-,64-,65-,66+,67+,68-,69+,70+,71-/m0/s1. The monoisotopic (exact) mass is 1310 g/mol. The van der Waals surface area contributed by atoms with Crippen molar-refractivity contribution in [2.24, 2.45) is 115 Å². The summed E-state index contributed by atoms with van der Waals surface area (Å²) in [6.45, 7) is 11.5. The Labute approximate surface area is 550 Å². The molecule has 9 aliphatic carbocycles. The normalized spacial score (nSPS) is 48.9. The topological polar surface area (TPSA) is 383 Å². The lowest BCUT2D eigenvalue weighted by atomic mass is 9.27. The summed E-state index contributed by atoms with van der Waals surface area (Å²) in [6, 6.07) is -0.688. The first-order chi connectivity index (χ1) is 44.9. The fourth-order valence-electron chi connectivity index (χ4n) is 24.5. The number of nitrogens with two attached hydrogens (primary N) is 1. The van der Waals surface area contributed by atoms with Crippen molar-refractivity contribution >= 4 is 24.0 Å². The van der Waals surface area contributed by atoms with Crippen LogP contribution < -0.4 is 27.0 Å². The number of ether oxygens (including phenoxy) is 2. The minimum atomic E-state index is -1.74. The van der Waals surface area contributed by atoms with Gasteiger partial charge in [-0.15, -0.1) is 0 Å². The second-order valence-corrected chi connectivity index (χ2v) is 32.8. The maximum absolute atomic E-state index is 16.3. The predicted octanol–water partition coefficient (Wildman–Crippen LogP) is 2.25. The molecule has 12 aliphatic rings. The van der Waals surface area contributed by atoms with Crippen LogP contribution in [0.5, 0.6) is 0 Å². The van der Waals surface area contributed by atoms with Gasteiger partial charge < -0.3 is 97.2 Å². The lowest BCUT2D eigenvalue weighted by Gasteiger charge is -2.76. The molecule has 1 amide bonds. The molecule has 2 saturated heterocycles. The SMILES string of the molecule is C[C@]1(CO)CC[C@@]2(C(=O)O)[C@@H](C1)C1=C[C@@H]3C#C[C@@H]4CCC[C@@]45C(=O)N[C@@H]4[C@H]5[C@H](C=C[C@@]4(c4cnc[nH]4)[C@H](O)[C@H](CNCCN[C@H]4CCC[C@@H](CC=O)C4)[C@@H](N)O)[C@H]4[C@@H](O)[C@@H](O[C@@H]5OC[C@@H](O)[C@H](O)[C@H]5O)[C@@](C)(CO)[C@H]5CC[C@](C)([C@H]3[C@@]45C)[C@]1(C)[C@@H]1Cc3[nH]cnc3NC[C@@H]12. The summed E-state index contributed by atoms with van der Waals surface area (Å²) < 4.78 is 13.0. The number of nitrogens with one attached hydrogen (secondary N) is 6. The van der Waals surface area contributed by atoms with E-state index in [-0.39, 0.29) is 37.6 Å². The highest BCUT2D eigenvalue weighted by molar-refractivity contribution is 5.88. The Morgan fingerprint density at radius 1 is 0.936 bits per heavy atom. The van der Waals surface area contributed by atoms with Crippen LogP contribution in [0.4, 0.5) is 5.82 Å². The number of aldehydes is 1. The molecule has 0 aromatic carbocycles. The lowest BCUT2D eigenvalue weighted by molar-refractivity contribution is -0.346. The molecule has 8 fully saturated rings. The largest absolute Gasteiger partial charge is 0.481 e. The van der Waals surface area contributed by atoms with Gasteiger partial charge in [0.25, 0.3) is 0 Å². The number of amides is 1. The van der Waals surface area contributed by atoms with Gasteiger partial charge in [0.15, 0.2) is 6.29 Å². The Morgan fingerprint density at radius 3 is 2.48 bits per heavy atom. The first kappa shape index (κ1) is 66.6. The van der Waals surface area contributed by atoms with E-state index in [0.29, 0.717) is 101 Å². The number of aromatic amines is 2. The molecule has 3 aliphatic heterocycles. The van der Waals surface area contributed by atoms with Crippen LogP contribution in [0.1, 0.15) is 129 Å². The second kappa shape index (κ2) is 24.1. The smallest absolute Gasteiger partial charge is 0.310 e. The van der Waals surface area contributed by atoms with Crippen LogP contribution >= 0.6 is 0 Å². The zero-order chi connectivity index (χ0) is 66.5. The van der Waals surface area contributed by atoms with E-state index in [2.05, 4.69) is 87.9 Å². The number of carbonyl (C=O) groups excluding carboxylic acids is 2. The van der Waals surface area contributed by atoms with Crippen molar-refractivity contribution in [2.75, 3.05) is 51.3 Å². The van der Waals surface area contributed by atoms with Gasteiger partial charge in [0, 0.05) is 92.1 Å². The number of carboxylic acids is 1. The van der Waals surface area contributed by atoms with Gasteiger partial charge in [-0.05, 0) is 134 Å². The van der Waals surface area contributed by atoms with E-state index in [0.717, 1.165) is 43.2 Å². The number of aliphatic carboxylic acids is 1. The first-order valence-electron chi connectivity index (χ1n) is 35.3. The quantitative estimate of drug-likeness (QED) is 0.0270.